The minimum absolute atomic E-state index is 0.333. The van der Waals surface area contributed by atoms with Crippen molar-refractivity contribution in [2.24, 2.45) is 5.73 Å². The third kappa shape index (κ3) is 1.60. The monoisotopic (exact) mass is 206 g/mol. The molecule has 2 aromatic heterocycles. The number of pyridine rings is 1. The van der Waals surface area contributed by atoms with Gasteiger partial charge in [-0.25, -0.2) is 4.52 Å². The average Bonchev–Trinajstić information content (AvgIpc) is 2.59. The van der Waals surface area contributed by atoms with Crippen molar-refractivity contribution < 1.29 is 5.11 Å². The lowest BCUT2D eigenvalue weighted by atomic mass is 10.1. The summed E-state index contributed by atoms with van der Waals surface area (Å²) in [7, 11) is 0. The molecule has 0 amide bonds. The van der Waals surface area contributed by atoms with Gasteiger partial charge in [-0.1, -0.05) is 11.3 Å². The van der Waals surface area contributed by atoms with Crippen LogP contribution in [-0.2, 0) is 0 Å². The molecule has 0 saturated heterocycles. The second-order valence-corrected chi connectivity index (χ2v) is 3.73. The number of hydrogen-bond acceptors (Lipinski definition) is 4. The first-order valence-corrected chi connectivity index (χ1v) is 4.86. The Bertz CT molecular complexity index is 477. The van der Waals surface area contributed by atoms with Crippen LogP contribution in [0.4, 0.5) is 0 Å². The maximum atomic E-state index is 9.89. The highest BCUT2D eigenvalue weighted by atomic mass is 16.3. The van der Waals surface area contributed by atoms with Gasteiger partial charge < -0.3 is 10.8 Å². The highest BCUT2D eigenvalue weighted by Crippen LogP contribution is 2.17. The maximum absolute atomic E-state index is 9.89. The third-order valence-electron chi connectivity index (χ3n) is 2.45. The van der Waals surface area contributed by atoms with E-state index in [0.29, 0.717) is 5.69 Å². The number of aliphatic hydroxyl groups is 1. The van der Waals surface area contributed by atoms with Crippen LogP contribution in [0.2, 0.25) is 0 Å². The van der Waals surface area contributed by atoms with Crippen LogP contribution < -0.4 is 5.73 Å². The van der Waals surface area contributed by atoms with Gasteiger partial charge in [0.1, 0.15) is 6.10 Å². The minimum Gasteiger partial charge on any atom is -0.385 e. The van der Waals surface area contributed by atoms with Crippen LogP contribution >= 0.6 is 0 Å². The number of aromatic nitrogens is 3. The Morgan fingerprint density at radius 1 is 1.47 bits per heavy atom. The van der Waals surface area contributed by atoms with E-state index in [1.54, 1.807) is 17.5 Å². The average molecular weight is 206 g/mol. The smallest absolute Gasteiger partial charge is 0.111 e. The van der Waals surface area contributed by atoms with Crippen molar-refractivity contribution in [1.82, 2.24) is 14.8 Å². The van der Waals surface area contributed by atoms with Crippen LogP contribution in [0.15, 0.2) is 18.2 Å². The lowest BCUT2D eigenvalue weighted by Gasteiger charge is -2.15. The number of nitrogens with zero attached hydrogens (tertiary/aromatic N) is 3. The summed E-state index contributed by atoms with van der Waals surface area (Å²) < 4.78 is 1.63. The Hall–Kier alpha value is -1.46. The molecule has 2 unspecified atom stereocenters. The molecule has 2 heterocycles. The molecule has 2 atom stereocenters. The lowest BCUT2D eigenvalue weighted by molar-refractivity contribution is 0.146. The third-order valence-corrected chi connectivity index (χ3v) is 2.45. The van der Waals surface area contributed by atoms with Gasteiger partial charge >= 0.3 is 0 Å². The largest absolute Gasteiger partial charge is 0.385 e. The van der Waals surface area contributed by atoms with E-state index in [1.165, 1.54) is 0 Å². The van der Waals surface area contributed by atoms with Crippen molar-refractivity contribution in [3.05, 3.63) is 29.6 Å². The molecule has 0 spiro atoms. The SMILES string of the molecule is Cc1nnn2c(C(O)C(C)N)cccc12. The molecule has 3 N–H and O–H groups in total. The van der Waals surface area contributed by atoms with Crippen LogP contribution in [-0.4, -0.2) is 26.0 Å². The molecule has 0 aliphatic heterocycles. The second kappa shape index (κ2) is 3.60. The van der Waals surface area contributed by atoms with E-state index in [9.17, 15) is 5.11 Å². The summed E-state index contributed by atoms with van der Waals surface area (Å²) in [6.07, 6.45) is -0.727. The van der Waals surface area contributed by atoms with Crippen LogP contribution in [0.5, 0.6) is 0 Å². The van der Waals surface area contributed by atoms with Gasteiger partial charge in [0.2, 0.25) is 0 Å². The van der Waals surface area contributed by atoms with Gasteiger partial charge in [0.25, 0.3) is 0 Å². The summed E-state index contributed by atoms with van der Waals surface area (Å²) in [6.45, 7) is 3.64. The molecule has 0 aliphatic carbocycles. The van der Waals surface area contributed by atoms with Crippen LogP contribution in [0.1, 0.15) is 24.4 Å². The van der Waals surface area contributed by atoms with Gasteiger partial charge in [-0.05, 0) is 26.0 Å². The lowest BCUT2D eigenvalue weighted by Crippen LogP contribution is -2.26. The van der Waals surface area contributed by atoms with E-state index in [1.807, 2.05) is 19.1 Å². The predicted molar refractivity (Wildman–Crippen MR) is 56.3 cm³/mol. The summed E-state index contributed by atoms with van der Waals surface area (Å²) in [5.74, 6) is 0. The summed E-state index contributed by atoms with van der Waals surface area (Å²) in [5.41, 5.74) is 8.06. The van der Waals surface area contributed by atoms with Crippen molar-refractivity contribution >= 4 is 5.52 Å². The molecule has 0 aromatic carbocycles. The van der Waals surface area contributed by atoms with E-state index in [2.05, 4.69) is 10.3 Å². The van der Waals surface area contributed by atoms with E-state index in [-0.39, 0.29) is 6.04 Å². The van der Waals surface area contributed by atoms with Crippen molar-refractivity contribution in [2.45, 2.75) is 26.0 Å². The molecule has 0 radical (unpaired) electrons. The molecule has 2 aromatic rings. The van der Waals surface area contributed by atoms with Crippen molar-refractivity contribution in [3.8, 4) is 0 Å². The molecule has 2 rings (SSSR count). The fourth-order valence-corrected chi connectivity index (χ4v) is 1.55. The number of nitrogens with two attached hydrogens (primary N) is 1. The van der Waals surface area contributed by atoms with Crippen LogP contribution in [0, 0.1) is 6.92 Å². The fraction of sp³-hybridized carbons (Fsp3) is 0.400. The molecule has 5 heteroatoms. The summed E-state index contributed by atoms with van der Waals surface area (Å²) >= 11 is 0. The zero-order valence-corrected chi connectivity index (χ0v) is 8.75. The quantitative estimate of drug-likeness (QED) is 0.746. The normalized spacial score (nSPS) is 15.5. The Labute approximate surface area is 87.5 Å². The van der Waals surface area contributed by atoms with Crippen LogP contribution in [0.3, 0.4) is 0 Å². The molecular weight excluding hydrogens is 192 g/mol. The minimum atomic E-state index is -0.727. The molecule has 5 nitrogen and oxygen atoms in total. The first-order valence-electron chi connectivity index (χ1n) is 4.86. The highest BCUT2D eigenvalue weighted by Gasteiger charge is 2.16. The standard InChI is InChI=1S/C10H14N4O/c1-6(11)10(15)9-5-3-4-8-7(2)12-13-14(8)9/h3-6,10,15H,11H2,1-2H3. The zero-order chi connectivity index (χ0) is 11.0. The molecule has 0 aliphatic rings. The number of rotatable bonds is 2. The molecule has 80 valence electrons. The number of aliphatic hydroxyl groups excluding tert-OH is 1. The number of hydrogen-bond donors (Lipinski definition) is 2. The molecule has 0 bridgehead atoms. The van der Waals surface area contributed by atoms with Gasteiger partial charge in [-0.2, -0.15) is 0 Å². The Kier molecular flexibility index (Phi) is 2.42. The summed E-state index contributed by atoms with van der Waals surface area (Å²) in [4.78, 5) is 0. The molecule has 15 heavy (non-hydrogen) atoms. The van der Waals surface area contributed by atoms with Gasteiger partial charge in [0.05, 0.1) is 16.9 Å². The number of fused-ring (bicyclic) bond motifs is 1. The van der Waals surface area contributed by atoms with E-state index in [0.717, 1.165) is 11.2 Å². The van der Waals surface area contributed by atoms with E-state index in [4.69, 9.17) is 5.73 Å². The van der Waals surface area contributed by atoms with Crippen LogP contribution in [0.25, 0.3) is 5.52 Å². The molecule has 0 saturated carbocycles. The van der Waals surface area contributed by atoms with Crippen molar-refractivity contribution in [1.29, 1.82) is 0 Å². The topological polar surface area (TPSA) is 76.4 Å². The fourth-order valence-electron chi connectivity index (χ4n) is 1.55. The highest BCUT2D eigenvalue weighted by molar-refractivity contribution is 5.50. The van der Waals surface area contributed by atoms with Gasteiger partial charge in [0, 0.05) is 6.04 Å². The van der Waals surface area contributed by atoms with Crippen molar-refractivity contribution in [3.63, 3.8) is 0 Å². The zero-order valence-electron chi connectivity index (χ0n) is 8.75. The predicted octanol–water partition coefficient (Wildman–Crippen LogP) is 0.418. The summed E-state index contributed by atoms with van der Waals surface area (Å²) in [5, 5.41) is 17.8. The first-order chi connectivity index (χ1) is 7.11. The first kappa shape index (κ1) is 10.1. The van der Waals surface area contributed by atoms with E-state index < -0.39 is 6.10 Å². The summed E-state index contributed by atoms with van der Waals surface area (Å²) in [6, 6.07) is 5.24. The van der Waals surface area contributed by atoms with Gasteiger partial charge in [0.15, 0.2) is 0 Å². The van der Waals surface area contributed by atoms with E-state index >= 15 is 0 Å². The molecular formula is C10H14N4O. The van der Waals surface area contributed by atoms with Gasteiger partial charge in [-0.15, -0.1) is 5.10 Å². The Morgan fingerprint density at radius 3 is 2.87 bits per heavy atom. The Balaban J connectivity index is 2.61. The maximum Gasteiger partial charge on any atom is 0.111 e. The molecule has 0 fully saturated rings. The Morgan fingerprint density at radius 2 is 2.20 bits per heavy atom. The number of aryl methyl sites for hydroxylation is 1. The second-order valence-electron chi connectivity index (χ2n) is 3.73. The van der Waals surface area contributed by atoms with Crippen molar-refractivity contribution in [2.75, 3.05) is 0 Å². The van der Waals surface area contributed by atoms with Gasteiger partial charge in [-0.3, -0.25) is 0 Å².